The van der Waals surface area contributed by atoms with Gasteiger partial charge in [-0.15, -0.1) is 11.6 Å². The van der Waals surface area contributed by atoms with E-state index in [-0.39, 0.29) is 23.5 Å². The third-order valence-electron chi connectivity index (χ3n) is 8.58. The Morgan fingerprint density at radius 3 is 2.65 bits per heavy atom. The zero-order chi connectivity index (χ0) is 23.0. The van der Waals surface area contributed by atoms with Gasteiger partial charge >= 0.3 is 5.97 Å². The van der Waals surface area contributed by atoms with Crippen molar-refractivity contribution >= 4 is 45.1 Å². The van der Waals surface area contributed by atoms with Crippen LogP contribution < -0.4 is 0 Å². The Morgan fingerprint density at radius 2 is 2.00 bits per heavy atom. The summed E-state index contributed by atoms with van der Waals surface area (Å²) in [6.07, 6.45) is 10.3. The van der Waals surface area contributed by atoms with Crippen LogP contribution in [-0.2, 0) is 19.1 Å². The van der Waals surface area contributed by atoms with E-state index in [1.54, 1.807) is 12.2 Å². The van der Waals surface area contributed by atoms with Crippen molar-refractivity contribution in [1.29, 1.82) is 0 Å². The third-order valence-corrected chi connectivity index (χ3v) is 11.2. The molecule has 0 saturated heterocycles. The van der Waals surface area contributed by atoms with Crippen molar-refractivity contribution in [3.63, 3.8) is 0 Å². The van der Waals surface area contributed by atoms with E-state index >= 15 is 0 Å². The number of hydrogen-bond acceptors (Lipinski definition) is 5. The maximum atomic E-state index is 13.2. The second-order valence-corrected chi connectivity index (χ2v) is 11.8. The van der Waals surface area contributed by atoms with Crippen molar-refractivity contribution in [2.24, 2.45) is 28.6 Å². The first-order valence-electron chi connectivity index (χ1n) is 10.7. The first-order valence-corrected chi connectivity index (χ1v) is 11.9. The minimum atomic E-state index is -1.64. The molecule has 2 unspecified atom stereocenters. The third kappa shape index (κ3) is 2.80. The molecule has 2 fully saturated rings. The largest absolute Gasteiger partial charge is 0.458 e. The predicted molar refractivity (Wildman–Crippen MR) is 121 cm³/mol. The van der Waals surface area contributed by atoms with Crippen LogP contribution in [0.2, 0.25) is 0 Å². The molecule has 0 heterocycles. The summed E-state index contributed by atoms with van der Waals surface area (Å²) >= 11 is 11.1. The summed E-state index contributed by atoms with van der Waals surface area (Å²) in [4.78, 5) is 36.4. The van der Waals surface area contributed by atoms with Crippen molar-refractivity contribution in [3.05, 3.63) is 36.0 Å². The average molecular weight is 512 g/mol. The molecule has 31 heavy (non-hydrogen) atoms. The van der Waals surface area contributed by atoms with Gasteiger partial charge in [0.15, 0.2) is 12.4 Å². The number of ketones is 2. The zero-order valence-electron chi connectivity index (χ0n) is 18.2. The normalized spacial score (nSPS) is 47.8. The number of aliphatic hydroxyl groups is 1. The van der Waals surface area contributed by atoms with Gasteiger partial charge in [0.25, 0.3) is 0 Å². The number of fused-ring (bicyclic) bond motifs is 5. The highest BCUT2D eigenvalue weighted by Gasteiger charge is 2.73. The lowest BCUT2D eigenvalue weighted by Gasteiger charge is -2.62. The Kier molecular flexibility index (Phi) is 5.27. The van der Waals surface area contributed by atoms with E-state index in [9.17, 15) is 19.5 Å². The van der Waals surface area contributed by atoms with E-state index in [0.29, 0.717) is 12.8 Å². The minimum Gasteiger partial charge on any atom is -0.458 e. The van der Waals surface area contributed by atoms with Crippen LogP contribution in [-0.4, -0.2) is 44.6 Å². The van der Waals surface area contributed by atoms with Crippen molar-refractivity contribution in [2.45, 2.75) is 55.8 Å². The van der Waals surface area contributed by atoms with Gasteiger partial charge in [-0.1, -0.05) is 54.9 Å². The SMILES string of the molecule is CC(=O)OCC(=O)[C@@]1(O)C(C)C[C@H]2[C@@H]3C=CC4=CC(=O)C=C[C@]4(C)[C@@]3(Br)C(Cl)C[C@@]21C. The molecule has 0 aromatic carbocycles. The molecule has 168 valence electrons. The number of rotatable bonds is 3. The van der Waals surface area contributed by atoms with E-state index < -0.39 is 44.5 Å². The van der Waals surface area contributed by atoms with E-state index in [1.165, 1.54) is 6.92 Å². The first-order chi connectivity index (χ1) is 14.3. The molecule has 1 N–H and O–H groups in total. The molecule has 4 aliphatic rings. The molecule has 0 radical (unpaired) electrons. The Bertz CT molecular complexity index is 956. The molecule has 4 rings (SSSR count). The second-order valence-electron chi connectivity index (χ2n) is 9.99. The minimum absolute atomic E-state index is 0.0243. The van der Waals surface area contributed by atoms with Crippen LogP contribution in [0.15, 0.2) is 36.0 Å². The monoisotopic (exact) mass is 510 g/mol. The van der Waals surface area contributed by atoms with Gasteiger partial charge in [0, 0.05) is 17.8 Å². The number of alkyl halides is 2. The molecule has 5 nitrogen and oxygen atoms in total. The van der Waals surface area contributed by atoms with Crippen LogP contribution in [0.25, 0.3) is 0 Å². The van der Waals surface area contributed by atoms with Gasteiger partial charge in [-0.05, 0) is 48.3 Å². The van der Waals surface area contributed by atoms with Gasteiger partial charge in [-0.2, -0.15) is 0 Å². The highest BCUT2D eigenvalue weighted by atomic mass is 79.9. The summed E-state index contributed by atoms with van der Waals surface area (Å²) in [7, 11) is 0. The van der Waals surface area contributed by atoms with Crippen LogP contribution in [0.5, 0.6) is 0 Å². The summed E-state index contributed by atoms with van der Waals surface area (Å²) in [5.74, 6) is -1.47. The molecule has 0 amide bonds. The van der Waals surface area contributed by atoms with E-state index in [2.05, 4.69) is 28.9 Å². The van der Waals surface area contributed by atoms with E-state index in [4.69, 9.17) is 16.3 Å². The fraction of sp³-hybridized carbons (Fsp3) is 0.625. The quantitative estimate of drug-likeness (QED) is 0.459. The number of esters is 1. The van der Waals surface area contributed by atoms with Gasteiger partial charge in [0.05, 0.1) is 9.70 Å². The molecule has 4 aliphatic carbocycles. The summed E-state index contributed by atoms with van der Waals surface area (Å²) in [5.41, 5.74) is -2.01. The topological polar surface area (TPSA) is 80.7 Å². The number of allylic oxidation sites excluding steroid dienone is 6. The summed E-state index contributed by atoms with van der Waals surface area (Å²) in [6.45, 7) is 6.71. The fourth-order valence-electron chi connectivity index (χ4n) is 6.82. The van der Waals surface area contributed by atoms with Crippen molar-refractivity contribution in [3.8, 4) is 0 Å². The van der Waals surface area contributed by atoms with Crippen molar-refractivity contribution in [2.75, 3.05) is 6.61 Å². The number of halogens is 2. The Hall–Kier alpha value is -1.24. The van der Waals surface area contributed by atoms with E-state index in [0.717, 1.165) is 5.57 Å². The number of carbonyl (C=O) groups is 3. The highest BCUT2D eigenvalue weighted by Crippen LogP contribution is 2.71. The van der Waals surface area contributed by atoms with Gasteiger partial charge in [0.2, 0.25) is 5.78 Å². The van der Waals surface area contributed by atoms with Crippen LogP contribution in [0, 0.1) is 28.6 Å². The molecule has 0 aliphatic heterocycles. The van der Waals surface area contributed by atoms with Crippen LogP contribution in [0.4, 0.5) is 0 Å². The van der Waals surface area contributed by atoms with Crippen LogP contribution in [0.1, 0.15) is 40.5 Å². The van der Waals surface area contributed by atoms with Crippen LogP contribution >= 0.6 is 27.5 Å². The molecule has 0 bridgehead atoms. The summed E-state index contributed by atoms with van der Waals surface area (Å²) in [6, 6.07) is 0. The van der Waals surface area contributed by atoms with Gasteiger partial charge < -0.3 is 9.84 Å². The van der Waals surface area contributed by atoms with E-state index in [1.807, 2.05) is 26.0 Å². The number of hydrogen-bond donors (Lipinski definition) is 1. The average Bonchev–Trinajstić information content (AvgIpc) is 2.89. The molecule has 0 aromatic heterocycles. The Labute approximate surface area is 196 Å². The lowest BCUT2D eigenvalue weighted by atomic mass is 9.48. The lowest BCUT2D eigenvalue weighted by molar-refractivity contribution is -0.170. The molecule has 0 spiro atoms. The first kappa shape index (κ1) is 22.9. The van der Waals surface area contributed by atoms with Gasteiger partial charge in [-0.25, -0.2) is 0 Å². The maximum Gasteiger partial charge on any atom is 0.303 e. The number of Topliss-reactive ketones (excluding diaryl/α,β-unsaturated/α-hetero) is 1. The van der Waals surface area contributed by atoms with Gasteiger partial charge in [0.1, 0.15) is 5.60 Å². The molecule has 0 aromatic rings. The Morgan fingerprint density at radius 1 is 1.32 bits per heavy atom. The zero-order valence-corrected chi connectivity index (χ0v) is 20.5. The highest BCUT2D eigenvalue weighted by molar-refractivity contribution is 9.10. The number of ether oxygens (including phenoxy) is 1. The predicted octanol–water partition coefficient (Wildman–Crippen LogP) is 3.91. The standard InChI is InChI=1S/C24H28BrClO5/c1-13-9-18-17-6-5-15-10-16(28)7-8-21(15,3)23(17,25)19(26)11-22(18,4)24(13,30)20(29)12-31-14(2)27/h5-8,10,13,17-19,30H,9,11-12H2,1-4H3/t13?,17-,18-,19?,21-,22-,23-,24-/m0/s1. The van der Waals surface area contributed by atoms with Gasteiger partial charge in [-0.3, -0.25) is 14.4 Å². The van der Waals surface area contributed by atoms with Crippen LogP contribution in [0.3, 0.4) is 0 Å². The molecule has 2 saturated carbocycles. The van der Waals surface area contributed by atoms with Crippen molar-refractivity contribution < 1.29 is 24.2 Å². The summed E-state index contributed by atoms with van der Waals surface area (Å²) < 4.78 is 4.38. The Balaban J connectivity index is 1.80. The number of carbonyl (C=O) groups excluding carboxylic acids is 3. The summed E-state index contributed by atoms with van der Waals surface area (Å²) in [5, 5.41) is 11.4. The second kappa shape index (κ2) is 7.13. The molecular weight excluding hydrogens is 484 g/mol. The molecular formula is C24H28BrClO5. The molecule has 8 atom stereocenters. The maximum absolute atomic E-state index is 13.2. The smallest absolute Gasteiger partial charge is 0.303 e. The molecule has 7 heteroatoms. The van der Waals surface area contributed by atoms with Crippen molar-refractivity contribution in [1.82, 2.24) is 0 Å². The fourth-order valence-corrected chi connectivity index (χ4v) is 8.51. The lowest BCUT2D eigenvalue weighted by Crippen LogP contribution is -2.66.